The third-order valence-electron chi connectivity index (χ3n) is 7.19. The summed E-state index contributed by atoms with van der Waals surface area (Å²) in [5, 5.41) is 18.5. The molecule has 1 aliphatic carbocycles. The van der Waals surface area contributed by atoms with Gasteiger partial charge in [0.15, 0.2) is 10.9 Å². The highest BCUT2D eigenvalue weighted by atomic mass is 32.1. The SMILES string of the molecule is CCOC(=O)c1ccc(NC(=S)N2c3ccccc3NC3=C(C(=O)CC(C)(C)C3)[C@@H]2c2ccc([N+](=O)[O-])cc2)cc1. The number of carbonyl (C=O) groups excluding carboxylic acids is 2. The van der Waals surface area contributed by atoms with E-state index in [-0.39, 0.29) is 23.5 Å². The Labute approximate surface area is 243 Å². The number of nitro groups is 1. The number of non-ortho nitro benzene ring substituents is 1. The van der Waals surface area contributed by atoms with Gasteiger partial charge in [0, 0.05) is 35.5 Å². The molecule has 0 saturated heterocycles. The fourth-order valence-electron chi connectivity index (χ4n) is 5.39. The molecule has 0 aromatic heterocycles. The van der Waals surface area contributed by atoms with E-state index in [1.165, 1.54) is 12.1 Å². The van der Waals surface area contributed by atoms with Gasteiger partial charge in [-0.25, -0.2) is 4.79 Å². The molecule has 10 heteroatoms. The van der Waals surface area contributed by atoms with Gasteiger partial charge in [0.05, 0.1) is 34.5 Å². The molecule has 3 aromatic carbocycles. The van der Waals surface area contributed by atoms with Crippen LogP contribution in [0.25, 0.3) is 0 Å². The van der Waals surface area contributed by atoms with Gasteiger partial charge in [-0.3, -0.25) is 14.9 Å². The summed E-state index contributed by atoms with van der Waals surface area (Å²) in [4.78, 5) is 38.8. The molecule has 1 atom stereocenters. The van der Waals surface area contributed by atoms with Gasteiger partial charge in [-0.05, 0) is 85.1 Å². The zero-order valence-corrected chi connectivity index (χ0v) is 23.8. The molecule has 41 heavy (non-hydrogen) atoms. The molecule has 1 heterocycles. The van der Waals surface area contributed by atoms with Crippen molar-refractivity contribution in [2.45, 2.75) is 39.7 Å². The minimum Gasteiger partial charge on any atom is -0.462 e. The molecule has 210 valence electrons. The number of rotatable bonds is 5. The van der Waals surface area contributed by atoms with Crippen molar-refractivity contribution in [3.63, 3.8) is 0 Å². The van der Waals surface area contributed by atoms with Crippen molar-refractivity contribution in [2.75, 3.05) is 22.1 Å². The topological polar surface area (TPSA) is 114 Å². The Morgan fingerprint density at radius 3 is 2.44 bits per heavy atom. The first-order chi connectivity index (χ1) is 19.6. The molecule has 0 bridgehead atoms. The number of ether oxygens (including phenoxy) is 1. The average molecular weight is 571 g/mol. The average Bonchev–Trinajstić information content (AvgIpc) is 3.07. The van der Waals surface area contributed by atoms with Crippen LogP contribution in [0.15, 0.2) is 84.1 Å². The van der Waals surface area contributed by atoms with Crippen molar-refractivity contribution in [3.8, 4) is 0 Å². The summed E-state index contributed by atoms with van der Waals surface area (Å²) in [7, 11) is 0. The molecule has 9 nitrogen and oxygen atoms in total. The molecule has 2 aliphatic rings. The molecule has 1 aliphatic heterocycles. The van der Waals surface area contributed by atoms with Crippen LogP contribution in [-0.4, -0.2) is 28.4 Å². The zero-order valence-electron chi connectivity index (χ0n) is 23.0. The fourth-order valence-corrected chi connectivity index (χ4v) is 5.71. The lowest BCUT2D eigenvalue weighted by molar-refractivity contribution is -0.384. The van der Waals surface area contributed by atoms with E-state index >= 15 is 0 Å². The lowest BCUT2D eigenvalue weighted by atomic mass is 9.73. The molecule has 2 N–H and O–H groups in total. The summed E-state index contributed by atoms with van der Waals surface area (Å²) in [6.45, 7) is 6.17. The third kappa shape index (κ3) is 5.69. The summed E-state index contributed by atoms with van der Waals surface area (Å²) in [5.74, 6) is -0.419. The molecule has 0 spiro atoms. The van der Waals surface area contributed by atoms with Gasteiger partial charge >= 0.3 is 5.97 Å². The van der Waals surface area contributed by atoms with Crippen molar-refractivity contribution in [1.82, 2.24) is 0 Å². The highest BCUT2D eigenvalue weighted by molar-refractivity contribution is 7.80. The first kappa shape index (κ1) is 28.0. The van der Waals surface area contributed by atoms with E-state index in [1.807, 2.05) is 29.2 Å². The van der Waals surface area contributed by atoms with Gasteiger partial charge < -0.3 is 20.3 Å². The molecule has 0 fully saturated rings. The monoisotopic (exact) mass is 570 g/mol. The van der Waals surface area contributed by atoms with Gasteiger partial charge in [0.2, 0.25) is 0 Å². The Bertz CT molecular complexity index is 1560. The minimum absolute atomic E-state index is 0.00787. The van der Waals surface area contributed by atoms with Gasteiger partial charge in [-0.2, -0.15) is 0 Å². The van der Waals surface area contributed by atoms with Crippen LogP contribution in [-0.2, 0) is 9.53 Å². The number of hydrogen-bond acceptors (Lipinski definition) is 7. The maximum absolute atomic E-state index is 13.8. The quantitative estimate of drug-likeness (QED) is 0.148. The zero-order chi connectivity index (χ0) is 29.3. The Hall–Kier alpha value is -4.57. The number of nitrogens with one attached hydrogen (secondary N) is 2. The number of fused-ring (bicyclic) bond motifs is 1. The van der Waals surface area contributed by atoms with Crippen molar-refractivity contribution in [1.29, 1.82) is 0 Å². The Balaban J connectivity index is 1.62. The second-order valence-electron chi connectivity index (χ2n) is 10.8. The normalized spacial score (nSPS) is 17.5. The van der Waals surface area contributed by atoms with Crippen molar-refractivity contribution < 1.29 is 19.2 Å². The van der Waals surface area contributed by atoms with Gasteiger partial charge in [-0.1, -0.05) is 26.0 Å². The summed E-state index contributed by atoms with van der Waals surface area (Å²) < 4.78 is 5.08. The van der Waals surface area contributed by atoms with E-state index in [1.54, 1.807) is 43.3 Å². The highest BCUT2D eigenvalue weighted by Gasteiger charge is 2.42. The number of esters is 1. The molecule has 0 amide bonds. The van der Waals surface area contributed by atoms with E-state index in [2.05, 4.69) is 24.5 Å². The number of carbonyl (C=O) groups is 2. The third-order valence-corrected chi connectivity index (χ3v) is 7.49. The number of Topliss-reactive ketones (excluding diaryl/α,β-unsaturated/α-hetero) is 1. The maximum atomic E-state index is 13.8. The molecular weight excluding hydrogens is 540 g/mol. The van der Waals surface area contributed by atoms with Crippen LogP contribution in [0.5, 0.6) is 0 Å². The molecule has 5 rings (SSSR count). The van der Waals surface area contributed by atoms with Gasteiger partial charge in [-0.15, -0.1) is 0 Å². The summed E-state index contributed by atoms with van der Waals surface area (Å²) in [5.41, 5.74) is 4.39. The van der Waals surface area contributed by atoms with Gasteiger partial charge in [0.1, 0.15) is 0 Å². The molecule has 0 radical (unpaired) electrons. The van der Waals surface area contributed by atoms with Crippen LogP contribution >= 0.6 is 12.2 Å². The molecular formula is C31H30N4O5S. The Morgan fingerprint density at radius 1 is 1.10 bits per heavy atom. The summed E-state index contributed by atoms with van der Waals surface area (Å²) in [6.07, 6.45) is 1.01. The number of hydrogen-bond donors (Lipinski definition) is 2. The van der Waals surface area contributed by atoms with E-state index in [9.17, 15) is 19.7 Å². The van der Waals surface area contributed by atoms with Crippen molar-refractivity contribution in [2.24, 2.45) is 5.41 Å². The highest BCUT2D eigenvalue weighted by Crippen LogP contribution is 2.48. The van der Waals surface area contributed by atoms with Crippen LogP contribution in [0.1, 0.15) is 55.6 Å². The van der Waals surface area contributed by atoms with Crippen LogP contribution in [0.4, 0.5) is 22.7 Å². The largest absolute Gasteiger partial charge is 0.462 e. The predicted molar refractivity (Wildman–Crippen MR) is 162 cm³/mol. The van der Waals surface area contributed by atoms with E-state index in [0.29, 0.717) is 40.3 Å². The Morgan fingerprint density at radius 2 is 1.78 bits per heavy atom. The number of nitrogens with zero attached hydrogens (tertiary/aromatic N) is 2. The first-order valence-corrected chi connectivity index (χ1v) is 13.7. The van der Waals surface area contributed by atoms with E-state index in [0.717, 1.165) is 17.1 Å². The van der Waals surface area contributed by atoms with Crippen molar-refractivity contribution >= 4 is 51.8 Å². The maximum Gasteiger partial charge on any atom is 0.338 e. The molecule has 0 unspecified atom stereocenters. The van der Waals surface area contributed by atoms with Crippen LogP contribution in [0.3, 0.4) is 0 Å². The minimum atomic E-state index is -0.649. The number of nitro benzene ring substituents is 1. The standard InChI is InChI=1S/C31H30N4O5S/c1-4-40-29(37)20-9-13-21(14-10-20)32-30(41)34-25-8-6-5-7-23(25)33-24-17-31(2,3)18-26(36)27(24)28(34)19-11-15-22(16-12-19)35(38)39/h5-16,28,33H,4,17-18H2,1-3H3,(H,32,41)/t28-/m0/s1. The molecule has 0 saturated carbocycles. The smallest absolute Gasteiger partial charge is 0.338 e. The molecule has 3 aromatic rings. The van der Waals surface area contributed by atoms with Crippen LogP contribution < -0.4 is 15.5 Å². The summed E-state index contributed by atoms with van der Waals surface area (Å²) in [6, 6.07) is 20.1. The van der Waals surface area contributed by atoms with Crippen LogP contribution in [0.2, 0.25) is 0 Å². The second-order valence-corrected chi connectivity index (χ2v) is 11.2. The number of thiocarbonyl (C=S) groups is 1. The lowest BCUT2D eigenvalue weighted by Gasteiger charge is -2.38. The summed E-state index contributed by atoms with van der Waals surface area (Å²) >= 11 is 5.99. The number of ketones is 1. The van der Waals surface area contributed by atoms with Crippen molar-refractivity contribution in [3.05, 3.63) is 105 Å². The number of anilines is 3. The van der Waals surface area contributed by atoms with Crippen LogP contribution in [0, 0.1) is 15.5 Å². The number of allylic oxidation sites excluding steroid dienone is 1. The second kappa shape index (κ2) is 11.1. The fraction of sp³-hybridized carbons (Fsp3) is 0.258. The van der Waals surface area contributed by atoms with Gasteiger partial charge in [0.25, 0.3) is 5.69 Å². The lowest BCUT2D eigenvalue weighted by Crippen LogP contribution is -2.41. The first-order valence-electron chi connectivity index (χ1n) is 13.3. The number of benzene rings is 3. The predicted octanol–water partition coefficient (Wildman–Crippen LogP) is 6.78. The Kier molecular flexibility index (Phi) is 7.59. The number of para-hydroxylation sites is 2. The van der Waals surface area contributed by atoms with E-state index in [4.69, 9.17) is 17.0 Å². The van der Waals surface area contributed by atoms with E-state index < -0.39 is 16.9 Å².